The second-order valence-electron chi connectivity index (χ2n) is 12.7. The molecule has 4 nitrogen and oxygen atoms in total. The molecular weight excluding hydrogens is 623 g/mol. The lowest BCUT2D eigenvalue weighted by Gasteiger charge is -2.19. The largest absolute Gasteiger partial charge is 0.455 e. The molecule has 0 radical (unpaired) electrons. The van der Waals surface area contributed by atoms with Gasteiger partial charge in [0.1, 0.15) is 11.2 Å². The summed E-state index contributed by atoms with van der Waals surface area (Å²) in [6.45, 7) is 0. The minimum atomic E-state index is 0.630. The van der Waals surface area contributed by atoms with Crippen molar-refractivity contribution in [2.24, 2.45) is 0 Å². The van der Waals surface area contributed by atoms with Crippen molar-refractivity contribution < 1.29 is 4.42 Å². The fourth-order valence-electron chi connectivity index (χ4n) is 7.39. The highest BCUT2D eigenvalue weighted by atomic mass is 16.3. The molecule has 8 aromatic carbocycles. The van der Waals surface area contributed by atoms with E-state index in [2.05, 4.69) is 103 Å². The molecule has 0 saturated carbocycles. The van der Waals surface area contributed by atoms with E-state index in [1.165, 1.54) is 21.5 Å². The summed E-state index contributed by atoms with van der Waals surface area (Å²) in [5.41, 5.74) is 9.08. The van der Waals surface area contributed by atoms with Gasteiger partial charge in [-0.1, -0.05) is 170 Å². The van der Waals surface area contributed by atoms with E-state index >= 15 is 0 Å². The molecule has 0 amide bonds. The molecule has 0 saturated heterocycles. The molecule has 238 valence electrons. The second-order valence-corrected chi connectivity index (χ2v) is 12.7. The minimum Gasteiger partial charge on any atom is -0.455 e. The molecule has 0 unspecified atom stereocenters. The predicted octanol–water partition coefficient (Wildman–Crippen LogP) is 12.4. The monoisotopic (exact) mass is 651 g/mol. The minimum absolute atomic E-state index is 0.630. The third-order valence-corrected chi connectivity index (χ3v) is 9.74. The maximum Gasteiger partial charge on any atom is 0.164 e. The quantitative estimate of drug-likeness (QED) is 0.174. The third-order valence-electron chi connectivity index (χ3n) is 9.74. The maximum absolute atomic E-state index is 6.64. The Kier molecular flexibility index (Phi) is 6.78. The van der Waals surface area contributed by atoms with Crippen LogP contribution < -0.4 is 0 Å². The number of para-hydroxylation sites is 2. The van der Waals surface area contributed by atoms with Gasteiger partial charge in [-0.05, 0) is 38.7 Å². The highest BCUT2D eigenvalue weighted by molar-refractivity contribution is 6.24. The van der Waals surface area contributed by atoms with E-state index in [9.17, 15) is 0 Å². The first-order valence-corrected chi connectivity index (χ1v) is 17.1. The van der Waals surface area contributed by atoms with E-state index in [1.54, 1.807) is 0 Å². The lowest BCUT2D eigenvalue weighted by Crippen LogP contribution is -2.00. The zero-order valence-corrected chi connectivity index (χ0v) is 27.5. The Morgan fingerprint density at radius 2 is 0.725 bits per heavy atom. The van der Waals surface area contributed by atoms with Gasteiger partial charge in [0.25, 0.3) is 0 Å². The summed E-state index contributed by atoms with van der Waals surface area (Å²) in [4.78, 5) is 14.8. The van der Waals surface area contributed by atoms with Crippen LogP contribution in [0.3, 0.4) is 0 Å². The fraction of sp³-hybridized carbons (Fsp3) is 0. The SMILES string of the molecule is c1ccc(-c2nc(-c3ccccc3)nc(-c3ccc(-c4c(-c5cccc6c5oc5ccccc56)c5ccccc5c5ccccc45)cc3)n2)cc1. The number of nitrogens with zero attached hydrogens (tertiary/aromatic N) is 3. The lowest BCUT2D eigenvalue weighted by molar-refractivity contribution is 0.670. The van der Waals surface area contributed by atoms with Crippen molar-refractivity contribution in [2.75, 3.05) is 0 Å². The summed E-state index contributed by atoms with van der Waals surface area (Å²) in [5.74, 6) is 1.92. The zero-order chi connectivity index (χ0) is 33.7. The average molecular weight is 652 g/mol. The summed E-state index contributed by atoms with van der Waals surface area (Å²) in [6.07, 6.45) is 0. The predicted molar refractivity (Wildman–Crippen MR) is 209 cm³/mol. The van der Waals surface area contributed by atoms with Gasteiger partial charge in [0.2, 0.25) is 0 Å². The summed E-state index contributed by atoms with van der Waals surface area (Å²) >= 11 is 0. The highest BCUT2D eigenvalue weighted by Gasteiger charge is 2.21. The Balaban J connectivity index is 1.20. The van der Waals surface area contributed by atoms with Crippen LogP contribution >= 0.6 is 0 Å². The molecule has 0 bridgehead atoms. The van der Waals surface area contributed by atoms with Crippen molar-refractivity contribution in [3.8, 4) is 56.4 Å². The lowest BCUT2D eigenvalue weighted by atomic mass is 9.84. The number of fused-ring (bicyclic) bond motifs is 6. The molecule has 0 N–H and O–H groups in total. The fourth-order valence-corrected chi connectivity index (χ4v) is 7.39. The van der Waals surface area contributed by atoms with Gasteiger partial charge in [-0.15, -0.1) is 0 Å². The normalized spacial score (nSPS) is 11.5. The highest BCUT2D eigenvalue weighted by Crippen LogP contribution is 2.47. The van der Waals surface area contributed by atoms with Crippen LogP contribution in [0.15, 0.2) is 180 Å². The number of rotatable bonds is 5. The van der Waals surface area contributed by atoms with Crippen LogP contribution in [0, 0.1) is 0 Å². The Labute approximate surface area is 294 Å². The zero-order valence-electron chi connectivity index (χ0n) is 27.5. The van der Waals surface area contributed by atoms with Crippen molar-refractivity contribution >= 4 is 43.5 Å². The molecule has 2 aromatic heterocycles. The van der Waals surface area contributed by atoms with E-state index < -0.39 is 0 Å². The smallest absolute Gasteiger partial charge is 0.164 e. The Morgan fingerprint density at radius 1 is 0.294 bits per heavy atom. The Morgan fingerprint density at radius 3 is 1.31 bits per heavy atom. The first kappa shape index (κ1) is 29.0. The van der Waals surface area contributed by atoms with Crippen molar-refractivity contribution in [3.05, 3.63) is 176 Å². The van der Waals surface area contributed by atoms with Gasteiger partial charge in [-0.2, -0.15) is 0 Å². The van der Waals surface area contributed by atoms with Crippen LogP contribution in [0.2, 0.25) is 0 Å². The van der Waals surface area contributed by atoms with Gasteiger partial charge >= 0.3 is 0 Å². The molecule has 2 heterocycles. The number of benzene rings is 8. The first-order chi connectivity index (χ1) is 25.3. The number of aromatic nitrogens is 3. The van der Waals surface area contributed by atoms with Gasteiger partial charge in [0.15, 0.2) is 17.5 Å². The molecule has 0 aliphatic carbocycles. The summed E-state index contributed by atoms with van der Waals surface area (Å²) < 4.78 is 6.64. The molecule has 10 rings (SSSR count). The summed E-state index contributed by atoms with van der Waals surface area (Å²) in [5, 5.41) is 7.02. The number of hydrogen-bond acceptors (Lipinski definition) is 4. The van der Waals surface area contributed by atoms with Crippen molar-refractivity contribution in [2.45, 2.75) is 0 Å². The van der Waals surface area contributed by atoms with Crippen LogP contribution in [0.1, 0.15) is 0 Å². The van der Waals surface area contributed by atoms with E-state index in [0.717, 1.165) is 60.9 Å². The van der Waals surface area contributed by atoms with Crippen LogP contribution in [0.25, 0.3) is 99.9 Å². The molecule has 51 heavy (non-hydrogen) atoms. The number of furan rings is 1. The molecular formula is C47H29N3O. The van der Waals surface area contributed by atoms with Crippen LogP contribution in [0.4, 0.5) is 0 Å². The molecule has 0 atom stereocenters. The first-order valence-electron chi connectivity index (χ1n) is 17.1. The molecule has 0 aliphatic heterocycles. The van der Waals surface area contributed by atoms with Crippen LogP contribution in [0.5, 0.6) is 0 Å². The molecule has 10 aromatic rings. The summed E-state index contributed by atoms with van der Waals surface area (Å²) in [7, 11) is 0. The van der Waals surface area contributed by atoms with Gasteiger partial charge in [0.05, 0.1) is 0 Å². The van der Waals surface area contributed by atoms with E-state index in [0.29, 0.717) is 17.5 Å². The molecule has 0 spiro atoms. The van der Waals surface area contributed by atoms with Gasteiger partial charge in [-0.25, -0.2) is 15.0 Å². The van der Waals surface area contributed by atoms with Crippen molar-refractivity contribution in [1.29, 1.82) is 0 Å². The van der Waals surface area contributed by atoms with E-state index in [4.69, 9.17) is 19.4 Å². The molecule has 4 heteroatoms. The average Bonchev–Trinajstić information content (AvgIpc) is 3.60. The van der Waals surface area contributed by atoms with Crippen LogP contribution in [-0.4, -0.2) is 15.0 Å². The van der Waals surface area contributed by atoms with Gasteiger partial charge in [-0.3, -0.25) is 0 Å². The second kappa shape index (κ2) is 11.9. The van der Waals surface area contributed by atoms with Crippen molar-refractivity contribution in [3.63, 3.8) is 0 Å². The van der Waals surface area contributed by atoms with E-state index in [1.807, 2.05) is 72.8 Å². The van der Waals surface area contributed by atoms with Crippen molar-refractivity contribution in [1.82, 2.24) is 15.0 Å². The number of hydrogen-bond donors (Lipinski definition) is 0. The third kappa shape index (κ3) is 4.88. The van der Waals surface area contributed by atoms with Gasteiger partial charge < -0.3 is 4.42 Å². The molecule has 0 aliphatic rings. The Bertz CT molecular complexity index is 2840. The maximum atomic E-state index is 6.64. The topological polar surface area (TPSA) is 51.8 Å². The standard InChI is InChI=1S/C47H29N3O/c1-3-14-31(15-4-1)45-48-46(32-16-5-2-6-17-32)50-47(49-45)33-28-26-30(27-29-33)42-37-21-9-7-18-34(37)35-19-8-10-22-38(35)43(42)40-24-13-23-39-36-20-11-12-25-41(36)51-44(39)40/h1-29H. The Hall–Kier alpha value is -6.91. The van der Waals surface area contributed by atoms with Crippen LogP contribution in [-0.2, 0) is 0 Å². The summed E-state index contributed by atoms with van der Waals surface area (Å²) in [6, 6.07) is 61.0. The molecule has 0 fully saturated rings. The van der Waals surface area contributed by atoms with Gasteiger partial charge in [0, 0.05) is 38.6 Å². The van der Waals surface area contributed by atoms with E-state index in [-0.39, 0.29) is 0 Å².